The number of H-pyrrole nitrogens is 1. The number of fused-ring (bicyclic) bond motifs is 1. The molecule has 5 rings (SSSR count). The van der Waals surface area contributed by atoms with E-state index in [4.69, 9.17) is 16.3 Å². The number of hydrogen-bond acceptors (Lipinski definition) is 8. The van der Waals surface area contributed by atoms with Gasteiger partial charge in [-0.25, -0.2) is 13.4 Å². The quantitative estimate of drug-likeness (QED) is 0.238. The number of nitrogens with zero attached hydrogens (tertiary/aromatic N) is 2. The molecule has 1 aliphatic carbocycles. The van der Waals surface area contributed by atoms with Gasteiger partial charge in [0.05, 0.1) is 38.6 Å². The maximum absolute atomic E-state index is 12.5. The van der Waals surface area contributed by atoms with Crippen molar-refractivity contribution < 1.29 is 28.5 Å². The van der Waals surface area contributed by atoms with E-state index >= 15 is 0 Å². The van der Waals surface area contributed by atoms with Crippen LogP contribution in [0.2, 0.25) is 5.02 Å². The largest absolute Gasteiger partial charge is 0.461 e. The lowest BCUT2D eigenvalue weighted by Crippen LogP contribution is -2.36. The Labute approximate surface area is 237 Å². The monoisotopic (exact) mass is 585 g/mol. The minimum atomic E-state index is -3.61. The second-order valence-electron chi connectivity index (χ2n) is 11.0. The number of pyridine rings is 1. The van der Waals surface area contributed by atoms with Crippen LogP contribution in [0.3, 0.4) is 0 Å². The van der Waals surface area contributed by atoms with Crippen LogP contribution in [0.5, 0.6) is 6.01 Å². The fourth-order valence-corrected chi connectivity index (χ4v) is 6.94. The summed E-state index contributed by atoms with van der Waals surface area (Å²) in [6.45, 7) is 2.90. The van der Waals surface area contributed by atoms with Gasteiger partial charge >= 0.3 is 0 Å². The van der Waals surface area contributed by atoms with Crippen molar-refractivity contribution in [3.8, 4) is 28.4 Å². The molecule has 1 saturated carbocycles. The number of ether oxygens (including phenoxy) is 1. The van der Waals surface area contributed by atoms with Crippen molar-refractivity contribution in [1.29, 1.82) is 0 Å². The Morgan fingerprint density at radius 1 is 1.02 bits per heavy atom. The Morgan fingerprint density at radius 2 is 1.65 bits per heavy atom. The highest BCUT2D eigenvalue weighted by molar-refractivity contribution is 7.91. The summed E-state index contributed by atoms with van der Waals surface area (Å²) in [5.41, 5.74) is 2.84. The van der Waals surface area contributed by atoms with Gasteiger partial charge < -0.3 is 25.0 Å². The van der Waals surface area contributed by atoms with Crippen LogP contribution in [0, 0.1) is 5.92 Å². The van der Waals surface area contributed by atoms with Crippen molar-refractivity contribution in [2.45, 2.75) is 55.8 Å². The van der Waals surface area contributed by atoms with Gasteiger partial charge in [0.25, 0.3) is 6.01 Å². The molecule has 9 nitrogen and oxygen atoms in total. The third-order valence-corrected chi connectivity index (χ3v) is 9.44. The normalized spacial score (nSPS) is 20.1. The molecule has 1 fully saturated rings. The summed E-state index contributed by atoms with van der Waals surface area (Å²) in [5.74, 6) is -0.477. The van der Waals surface area contributed by atoms with Gasteiger partial charge in [0.1, 0.15) is 6.10 Å². The molecule has 0 radical (unpaired) electrons. The van der Waals surface area contributed by atoms with Crippen molar-refractivity contribution in [2.24, 2.45) is 5.92 Å². The first-order chi connectivity index (χ1) is 18.9. The van der Waals surface area contributed by atoms with Gasteiger partial charge in [0.2, 0.25) is 0 Å². The lowest BCUT2D eigenvalue weighted by molar-refractivity contribution is -0.0113. The Hall–Kier alpha value is -3.02. The van der Waals surface area contributed by atoms with Crippen molar-refractivity contribution >= 4 is 32.6 Å². The first kappa shape index (κ1) is 28.5. The molecule has 0 spiro atoms. The molecular weight excluding hydrogens is 554 g/mol. The number of imidazole rings is 1. The first-order valence-electron chi connectivity index (χ1n) is 13.1. The van der Waals surface area contributed by atoms with Crippen LogP contribution in [0.4, 0.5) is 0 Å². The maximum atomic E-state index is 12.5. The van der Waals surface area contributed by atoms with E-state index < -0.39 is 21.5 Å². The summed E-state index contributed by atoms with van der Waals surface area (Å²) < 4.78 is 31.1. The van der Waals surface area contributed by atoms with E-state index in [1.807, 2.05) is 24.3 Å². The third kappa shape index (κ3) is 6.31. The van der Waals surface area contributed by atoms with E-state index in [0.717, 1.165) is 16.7 Å². The van der Waals surface area contributed by atoms with Crippen LogP contribution in [0.25, 0.3) is 33.5 Å². The van der Waals surface area contributed by atoms with Crippen LogP contribution < -0.4 is 4.74 Å². The Balaban J connectivity index is 1.32. The second kappa shape index (κ2) is 11.1. The predicted octanol–water partition coefficient (Wildman–Crippen LogP) is 4.39. The number of benzene rings is 2. The smallest absolute Gasteiger partial charge is 0.296 e. The molecule has 2 heterocycles. The summed E-state index contributed by atoms with van der Waals surface area (Å²) in [5, 5.41) is 29.9. The van der Waals surface area contributed by atoms with E-state index in [2.05, 4.69) is 15.0 Å². The van der Waals surface area contributed by atoms with E-state index in [-0.39, 0.29) is 29.3 Å². The molecule has 11 heteroatoms. The first-order valence-corrected chi connectivity index (χ1v) is 15.1. The Morgan fingerprint density at radius 3 is 2.25 bits per heavy atom. The zero-order chi connectivity index (χ0) is 28.7. The van der Waals surface area contributed by atoms with Gasteiger partial charge in [0.15, 0.2) is 15.5 Å². The molecule has 1 aliphatic rings. The van der Waals surface area contributed by atoms with E-state index in [1.165, 1.54) is 13.8 Å². The zero-order valence-electron chi connectivity index (χ0n) is 22.2. The highest BCUT2D eigenvalue weighted by Gasteiger charge is 2.30. The Bertz CT molecular complexity index is 1600. The summed E-state index contributed by atoms with van der Waals surface area (Å²) in [4.78, 5) is 12.4. The fourth-order valence-electron chi connectivity index (χ4n) is 5.03. The number of aliphatic hydroxyl groups excluding tert-OH is 2. The highest BCUT2D eigenvalue weighted by atomic mass is 35.5. The molecule has 3 atom stereocenters. The van der Waals surface area contributed by atoms with Gasteiger partial charge in [0, 0.05) is 24.5 Å². The van der Waals surface area contributed by atoms with E-state index in [1.54, 1.807) is 30.3 Å². The Kier molecular flexibility index (Phi) is 7.91. The average Bonchev–Trinajstić information content (AvgIpc) is 3.28. The number of rotatable bonds is 8. The highest BCUT2D eigenvalue weighted by Crippen LogP contribution is 2.33. The molecule has 0 unspecified atom stereocenters. The maximum Gasteiger partial charge on any atom is 0.296 e. The standard InChI is InChI=1S/C29H32ClN3O6S/c1-29(2,36)16-40(37,38)22-11-8-18(9-12-22)17-3-5-19(6-4-17)26-23(30)14-24-27(32-26)33-28(31-24)39-21-10-7-20(15-34)25(35)13-21/h3-6,8-9,11-12,14,20-21,25,34-36H,7,10,13,15-16H2,1-2H3,(H,31,32,33)/t20-,21+,25+/m1/s1. The number of halogens is 1. The number of aromatic nitrogens is 3. The number of aromatic amines is 1. The van der Waals surface area contributed by atoms with Crippen molar-refractivity contribution in [3.63, 3.8) is 0 Å². The molecule has 4 aromatic rings. The topological polar surface area (TPSA) is 146 Å². The van der Waals surface area contributed by atoms with Crippen LogP contribution >= 0.6 is 11.6 Å². The van der Waals surface area contributed by atoms with Crippen molar-refractivity contribution in [3.05, 3.63) is 59.6 Å². The molecule has 2 aromatic heterocycles. The average molecular weight is 586 g/mol. The minimum Gasteiger partial charge on any atom is -0.461 e. The number of sulfone groups is 1. The molecule has 4 N–H and O–H groups in total. The van der Waals surface area contributed by atoms with Gasteiger partial charge in [-0.05, 0) is 56.0 Å². The third-order valence-electron chi connectivity index (χ3n) is 7.07. The molecule has 212 valence electrons. The van der Waals surface area contributed by atoms with Gasteiger partial charge in [-0.3, -0.25) is 0 Å². The summed E-state index contributed by atoms with van der Waals surface area (Å²) in [7, 11) is -3.61. The zero-order valence-corrected chi connectivity index (χ0v) is 23.8. The van der Waals surface area contributed by atoms with Crippen molar-refractivity contribution in [2.75, 3.05) is 12.4 Å². The number of aliphatic hydroxyl groups is 3. The lowest BCUT2D eigenvalue weighted by atomic mass is 9.85. The number of nitrogens with one attached hydrogen (secondary N) is 1. The minimum absolute atomic E-state index is 0.0364. The van der Waals surface area contributed by atoms with Crippen LogP contribution in [-0.4, -0.2) is 68.9 Å². The molecule has 40 heavy (non-hydrogen) atoms. The van der Waals surface area contributed by atoms with Gasteiger partial charge in [-0.1, -0.05) is 48.0 Å². The molecular formula is C29H32ClN3O6S. The molecule has 0 bridgehead atoms. The fraction of sp³-hybridized carbons (Fsp3) is 0.379. The van der Waals surface area contributed by atoms with Crippen LogP contribution in [-0.2, 0) is 9.84 Å². The molecule has 0 saturated heterocycles. The molecule has 0 aliphatic heterocycles. The van der Waals surface area contributed by atoms with Gasteiger partial charge in [-0.15, -0.1) is 0 Å². The van der Waals surface area contributed by atoms with Gasteiger partial charge in [-0.2, -0.15) is 4.98 Å². The SMILES string of the molecule is CC(C)(O)CS(=O)(=O)c1ccc(-c2ccc(-c3nc4nc(O[C@H]5CC[C@H](CO)[C@@H](O)C5)[nH]c4cc3Cl)cc2)cc1. The van der Waals surface area contributed by atoms with E-state index in [0.29, 0.717) is 47.2 Å². The summed E-state index contributed by atoms with van der Waals surface area (Å²) in [6, 6.07) is 16.2. The predicted molar refractivity (Wildman–Crippen MR) is 153 cm³/mol. The van der Waals surface area contributed by atoms with Crippen LogP contribution in [0.1, 0.15) is 33.1 Å². The number of hydrogen-bond donors (Lipinski definition) is 4. The van der Waals surface area contributed by atoms with Crippen molar-refractivity contribution in [1.82, 2.24) is 15.0 Å². The molecule has 2 aromatic carbocycles. The summed E-state index contributed by atoms with van der Waals surface area (Å²) >= 11 is 6.57. The van der Waals surface area contributed by atoms with E-state index in [9.17, 15) is 23.7 Å². The summed E-state index contributed by atoms with van der Waals surface area (Å²) in [6.07, 6.45) is 0.993. The van der Waals surface area contributed by atoms with Crippen LogP contribution in [0.15, 0.2) is 59.5 Å². The lowest BCUT2D eigenvalue weighted by Gasteiger charge is -2.31. The second-order valence-corrected chi connectivity index (χ2v) is 13.4. The molecule has 0 amide bonds.